The molecular formula is C13H22S2Sn. The van der Waals surface area contributed by atoms with Crippen LogP contribution in [0.5, 0.6) is 0 Å². The van der Waals surface area contributed by atoms with Crippen molar-refractivity contribution in [2.45, 2.75) is 15.6 Å². The molecule has 0 aromatic rings. The first-order valence-electron chi connectivity index (χ1n) is 5.56. The maximum atomic E-state index is 3.92. The fourth-order valence-electron chi connectivity index (χ4n) is 2.33. The molecule has 0 aromatic heterocycles. The third-order valence-electron chi connectivity index (χ3n) is 2.76. The number of hydrogen-bond acceptors (Lipinski definition) is 1. The topological polar surface area (TPSA) is 0 Å². The summed E-state index contributed by atoms with van der Waals surface area (Å²) in [7, 11) is 2.26. The van der Waals surface area contributed by atoms with Crippen molar-refractivity contribution in [3.05, 3.63) is 50.6 Å². The van der Waals surface area contributed by atoms with Gasteiger partial charge in [-0.3, -0.25) is 0 Å². The van der Waals surface area contributed by atoms with Crippen molar-refractivity contribution in [3.8, 4) is 0 Å². The Morgan fingerprint density at radius 2 is 1.38 bits per heavy atom. The van der Waals surface area contributed by atoms with Crippen molar-refractivity contribution < 1.29 is 0 Å². The van der Waals surface area contributed by atoms with E-state index >= 15 is 0 Å². The second kappa shape index (κ2) is 6.41. The minimum atomic E-state index is -0.765. The molecule has 1 heterocycles. The molecule has 16 heavy (non-hydrogen) atoms. The van der Waals surface area contributed by atoms with E-state index in [0.29, 0.717) is 2.76 Å². The second-order valence-corrected chi connectivity index (χ2v) is 31.7. The van der Waals surface area contributed by atoms with Gasteiger partial charge in [-0.1, -0.05) is 0 Å². The van der Waals surface area contributed by atoms with Gasteiger partial charge >= 0.3 is 115 Å². The summed E-state index contributed by atoms with van der Waals surface area (Å²) in [5.41, 5.74) is 0. The predicted molar refractivity (Wildman–Crippen MR) is 86.2 cm³/mol. The molecule has 0 radical (unpaired) electrons. The van der Waals surface area contributed by atoms with Gasteiger partial charge in [0.2, 0.25) is 0 Å². The summed E-state index contributed by atoms with van der Waals surface area (Å²) >= 11 is -0.765. The van der Waals surface area contributed by atoms with E-state index in [9.17, 15) is 0 Å². The Morgan fingerprint density at radius 1 is 0.938 bits per heavy atom. The van der Waals surface area contributed by atoms with Gasteiger partial charge in [-0.25, -0.2) is 0 Å². The van der Waals surface area contributed by atoms with Crippen LogP contribution in [0.3, 0.4) is 0 Å². The second-order valence-electron chi connectivity index (χ2n) is 4.27. The molecule has 1 fully saturated rings. The van der Waals surface area contributed by atoms with Crippen molar-refractivity contribution in [3.63, 3.8) is 0 Å². The van der Waals surface area contributed by atoms with Gasteiger partial charge in [-0.05, 0) is 0 Å². The van der Waals surface area contributed by atoms with E-state index in [0.717, 1.165) is 0 Å². The van der Waals surface area contributed by atoms with Crippen LogP contribution in [-0.4, -0.2) is 34.0 Å². The summed E-state index contributed by atoms with van der Waals surface area (Å²) in [4.78, 5) is 0. The van der Waals surface area contributed by atoms with Crippen LogP contribution < -0.4 is 0 Å². The molecule has 0 atom stereocenters. The molecule has 0 saturated carbocycles. The van der Waals surface area contributed by atoms with Gasteiger partial charge in [-0.2, -0.15) is 0 Å². The van der Waals surface area contributed by atoms with Crippen LogP contribution in [0, 0.1) is 0 Å². The van der Waals surface area contributed by atoms with Crippen molar-refractivity contribution in [2.24, 2.45) is 0 Å². The van der Waals surface area contributed by atoms with E-state index in [-0.39, 0.29) is 6.24 Å². The molecule has 0 amide bonds. The molecule has 0 bridgehead atoms. The van der Waals surface area contributed by atoms with Crippen molar-refractivity contribution >= 4 is 36.8 Å². The zero-order valence-electron chi connectivity index (χ0n) is 9.99. The molecular weight excluding hydrogens is 339 g/mol. The van der Waals surface area contributed by atoms with E-state index in [1.165, 1.54) is 24.3 Å². The van der Waals surface area contributed by atoms with E-state index in [4.69, 9.17) is 0 Å². The van der Waals surface area contributed by atoms with Crippen molar-refractivity contribution in [2.75, 3.05) is 11.5 Å². The van der Waals surface area contributed by atoms with E-state index in [2.05, 4.69) is 61.4 Å². The van der Waals surface area contributed by atoms with Crippen LogP contribution in [0.1, 0.15) is 12.8 Å². The first kappa shape index (κ1) is 14.5. The van der Waals surface area contributed by atoms with E-state index < -0.39 is 19.8 Å². The summed E-state index contributed by atoms with van der Waals surface area (Å²) in [5.74, 6) is 2.49. The number of rotatable bonds is 8. The zero-order chi connectivity index (χ0) is 12.1. The third-order valence-corrected chi connectivity index (χ3v) is 35.0. The van der Waals surface area contributed by atoms with Gasteiger partial charge in [0.05, 0.1) is 0 Å². The monoisotopic (exact) mass is 362 g/mol. The molecule has 90 valence electrons. The summed E-state index contributed by atoms with van der Waals surface area (Å²) in [6.45, 7) is 15.6. The van der Waals surface area contributed by atoms with Crippen LogP contribution in [0.15, 0.2) is 50.6 Å². The van der Waals surface area contributed by atoms with Crippen LogP contribution in [0.4, 0.5) is 0 Å². The maximum absolute atomic E-state index is 3.92. The molecule has 0 unspecified atom stereocenters. The standard InChI is InChI=1S/C13H20S2.Sn.2H/c1-5-9-13(10-6-2)14-15(11-7-3)12-8-4;;;/h5-8H,1-4,9-12H2;;;/q+1;-1;;. The predicted octanol–water partition coefficient (Wildman–Crippen LogP) is 3.76. The van der Waals surface area contributed by atoms with Gasteiger partial charge in [-0.15, -0.1) is 0 Å². The van der Waals surface area contributed by atoms with E-state index in [1.54, 1.807) is 0 Å². The summed E-state index contributed by atoms with van der Waals surface area (Å²) in [5, 5.41) is 0. The minimum absolute atomic E-state index is 0.354. The van der Waals surface area contributed by atoms with Gasteiger partial charge in [0, 0.05) is 0 Å². The van der Waals surface area contributed by atoms with Gasteiger partial charge in [0.15, 0.2) is 0 Å². The average molecular weight is 361 g/mol. The van der Waals surface area contributed by atoms with Gasteiger partial charge < -0.3 is 0 Å². The summed E-state index contributed by atoms with van der Waals surface area (Å²) in [6.07, 6.45) is 10.4. The molecule has 1 rings (SSSR count). The SMILES string of the molecule is C=CC[C]1(CC=C)S[S](CC=C)(CC=C)[SnH2]1. The fraction of sp³-hybridized carbons (Fsp3) is 0.385. The Kier molecular flexibility index (Phi) is 5.81. The molecule has 0 N–H and O–H groups in total. The number of hydrogen-bond donors (Lipinski definition) is 0. The fourth-order valence-corrected chi connectivity index (χ4v) is 43.9. The Bertz CT molecular complexity index is 238. The van der Waals surface area contributed by atoms with Crippen molar-refractivity contribution in [1.29, 1.82) is 0 Å². The number of allylic oxidation sites excluding steroid dienone is 2. The van der Waals surface area contributed by atoms with Crippen LogP contribution in [-0.2, 0) is 0 Å². The zero-order valence-corrected chi connectivity index (χ0v) is 15.7. The van der Waals surface area contributed by atoms with Crippen LogP contribution >= 0.6 is 17.0 Å². The van der Waals surface area contributed by atoms with Crippen LogP contribution in [0.2, 0.25) is 0 Å². The van der Waals surface area contributed by atoms with Gasteiger partial charge in [0.1, 0.15) is 0 Å². The molecule has 0 nitrogen and oxygen atoms in total. The molecule has 0 aromatic carbocycles. The first-order valence-corrected chi connectivity index (χ1v) is 16.0. The average Bonchev–Trinajstić information content (AvgIpc) is 2.17. The molecule has 1 aliphatic rings. The third kappa shape index (κ3) is 3.23. The van der Waals surface area contributed by atoms with Crippen molar-refractivity contribution in [1.82, 2.24) is 0 Å². The Hall–Kier alpha value is 0.459. The van der Waals surface area contributed by atoms with E-state index in [1.807, 2.05) is 0 Å². The molecule has 1 saturated heterocycles. The molecule has 0 aliphatic carbocycles. The Morgan fingerprint density at radius 3 is 1.69 bits per heavy atom. The molecule has 1 aliphatic heterocycles. The molecule has 3 heteroatoms. The summed E-state index contributed by atoms with van der Waals surface area (Å²) in [6, 6.07) is 0. The quantitative estimate of drug-likeness (QED) is 0.361. The molecule has 0 spiro atoms. The first-order chi connectivity index (χ1) is 7.66. The summed E-state index contributed by atoms with van der Waals surface area (Å²) < 4.78 is 0.590. The van der Waals surface area contributed by atoms with Crippen LogP contribution in [0.25, 0.3) is 0 Å². The Labute approximate surface area is 114 Å². The Balaban J connectivity index is 2.69. The normalized spacial score (nSPS) is 24.0. The van der Waals surface area contributed by atoms with Gasteiger partial charge in [0.25, 0.3) is 0 Å².